The van der Waals surface area contributed by atoms with E-state index in [4.69, 9.17) is 0 Å². The third-order valence-electron chi connectivity index (χ3n) is 3.26. The highest BCUT2D eigenvalue weighted by Gasteiger charge is 2.19. The van der Waals surface area contributed by atoms with Crippen LogP contribution in [-0.4, -0.2) is 28.0 Å². The summed E-state index contributed by atoms with van der Waals surface area (Å²) in [4.78, 5) is 4.48. The molecule has 2 aromatic rings. The van der Waals surface area contributed by atoms with Crippen molar-refractivity contribution in [3.05, 3.63) is 24.3 Å². The molecule has 0 aliphatic carbocycles. The molecule has 1 aliphatic heterocycles. The Morgan fingerprint density at radius 2 is 2.33 bits per heavy atom. The highest BCUT2D eigenvalue weighted by atomic mass is 32.2. The van der Waals surface area contributed by atoms with Gasteiger partial charge in [0.1, 0.15) is 0 Å². The fraction of sp³-hybridized carbons (Fsp3) is 0.462. The lowest BCUT2D eigenvalue weighted by Gasteiger charge is -2.21. The molecule has 2 atom stereocenters. The lowest BCUT2D eigenvalue weighted by atomic mass is 10.0. The maximum Gasteiger partial charge on any atom is 0.181 e. The number of rotatable bonds is 3. The van der Waals surface area contributed by atoms with Gasteiger partial charge in [0, 0.05) is 5.75 Å². The van der Waals surface area contributed by atoms with Crippen LogP contribution in [0.4, 0.5) is 0 Å². The molecule has 1 fully saturated rings. The average Bonchev–Trinajstić information content (AvgIpc) is 2.84. The standard InChI is InChI=1S/C13H16N2OS2/c16-18(9-10-4-3-7-14-8-10)13-15-11-5-1-2-6-12(11)17-13/h1-2,5-6,10,14H,3-4,7-9H2/t10-,18+/m1/s1. The predicted molar refractivity (Wildman–Crippen MR) is 76.5 cm³/mol. The normalized spacial score (nSPS) is 22.1. The van der Waals surface area contributed by atoms with Gasteiger partial charge in [0.2, 0.25) is 0 Å². The van der Waals surface area contributed by atoms with E-state index in [9.17, 15) is 4.21 Å². The Hall–Kier alpha value is -0.780. The summed E-state index contributed by atoms with van der Waals surface area (Å²) in [5.41, 5.74) is 0.965. The number of thiazole rings is 1. The van der Waals surface area contributed by atoms with E-state index in [0.717, 1.165) is 33.4 Å². The fourth-order valence-electron chi connectivity index (χ4n) is 2.30. The minimum atomic E-state index is -0.946. The number of para-hydroxylation sites is 1. The largest absolute Gasteiger partial charge is 0.316 e. The van der Waals surface area contributed by atoms with Crippen LogP contribution in [0.25, 0.3) is 10.2 Å². The van der Waals surface area contributed by atoms with Crippen LogP contribution in [0.3, 0.4) is 0 Å². The number of nitrogens with one attached hydrogen (secondary N) is 1. The van der Waals surface area contributed by atoms with Crippen molar-refractivity contribution in [2.75, 3.05) is 18.8 Å². The molecule has 1 aliphatic rings. The van der Waals surface area contributed by atoms with E-state index in [1.54, 1.807) is 11.3 Å². The van der Waals surface area contributed by atoms with Crippen molar-refractivity contribution < 1.29 is 4.21 Å². The molecule has 0 spiro atoms. The number of nitrogens with zero attached hydrogens (tertiary/aromatic N) is 1. The van der Waals surface area contributed by atoms with Crippen LogP contribution >= 0.6 is 11.3 Å². The Balaban J connectivity index is 1.74. The van der Waals surface area contributed by atoms with Gasteiger partial charge in [-0.3, -0.25) is 4.21 Å². The van der Waals surface area contributed by atoms with Crippen LogP contribution in [-0.2, 0) is 10.8 Å². The number of benzene rings is 1. The summed E-state index contributed by atoms with van der Waals surface area (Å²) in [7, 11) is -0.946. The summed E-state index contributed by atoms with van der Waals surface area (Å²) < 4.78 is 14.2. The summed E-state index contributed by atoms with van der Waals surface area (Å²) in [6.45, 7) is 2.10. The van der Waals surface area contributed by atoms with E-state index >= 15 is 0 Å². The lowest BCUT2D eigenvalue weighted by Crippen LogP contribution is -2.32. The SMILES string of the molecule is O=[S@@](C[C@@H]1CCCNC1)c1nc2ccccc2s1. The van der Waals surface area contributed by atoms with E-state index in [-0.39, 0.29) is 0 Å². The molecule has 1 N–H and O–H groups in total. The molecule has 5 heteroatoms. The monoisotopic (exact) mass is 280 g/mol. The molecule has 3 rings (SSSR count). The Morgan fingerprint density at radius 3 is 3.11 bits per heavy atom. The second-order valence-corrected chi connectivity index (χ2v) is 7.37. The first-order valence-corrected chi connectivity index (χ1v) is 8.41. The van der Waals surface area contributed by atoms with Crippen LogP contribution in [0.2, 0.25) is 0 Å². The molecular formula is C13H16N2OS2. The minimum absolute atomic E-state index is 0.534. The van der Waals surface area contributed by atoms with Crippen LogP contribution in [0.5, 0.6) is 0 Å². The van der Waals surface area contributed by atoms with Gasteiger partial charge in [0.15, 0.2) is 4.34 Å². The zero-order valence-electron chi connectivity index (χ0n) is 10.1. The molecule has 1 aromatic carbocycles. The molecule has 0 amide bonds. The summed E-state index contributed by atoms with van der Waals surface area (Å²) in [6.07, 6.45) is 2.38. The molecule has 0 unspecified atom stereocenters. The van der Waals surface area contributed by atoms with Gasteiger partial charge in [-0.1, -0.05) is 12.1 Å². The van der Waals surface area contributed by atoms with Gasteiger partial charge in [-0.25, -0.2) is 4.98 Å². The molecule has 2 heterocycles. The Morgan fingerprint density at radius 1 is 1.44 bits per heavy atom. The molecule has 0 bridgehead atoms. The second-order valence-electron chi connectivity index (χ2n) is 4.67. The molecule has 0 saturated carbocycles. The third kappa shape index (κ3) is 2.63. The smallest absolute Gasteiger partial charge is 0.181 e. The van der Waals surface area contributed by atoms with E-state index in [1.807, 2.05) is 24.3 Å². The Kier molecular flexibility index (Phi) is 3.72. The first-order chi connectivity index (χ1) is 8.83. The summed E-state index contributed by atoms with van der Waals surface area (Å²) >= 11 is 1.56. The molecule has 1 aromatic heterocycles. The maximum atomic E-state index is 12.3. The minimum Gasteiger partial charge on any atom is -0.316 e. The van der Waals surface area contributed by atoms with Gasteiger partial charge < -0.3 is 5.32 Å². The fourth-order valence-corrected chi connectivity index (χ4v) is 4.90. The number of aromatic nitrogens is 1. The van der Waals surface area contributed by atoms with Crippen LogP contribution in [0, 0.1) is 5.92 Å². The van der Waals surface area contributed by atoms with Crippen molar-refractivity contribution in [2.24, 2.45) is 5.92 Å². The second kappa shape index (κ2) is 5.47. The summed E-state index contributed by atoms with van der Waals surface area (Å²) in [5.74, 6) is 1.28. The lowest BCUT2D eigenvalue weighted by molar-refractivity contribution is 0.408. The van der Waals surface area contributed by atoms with Crippen molar-refractivity contribution in [1.29, 1.82) is 0 Å². The van der Waals surface area contributed by atoms with Crippen LogP contribution in [0.15, 0.2) is 28.6 Å². The maximum absolute atomic E-state index is 12.3. The molecular weight excluding hydrogens is 264 g/mol. The molecule has 96 valence electrons. The highest BCUT2D eigenvalue weighted by Crippen LogP contribution is 2.25. The van der Waals surface area contributed by atoms with Gasteiger partial charge >= 0.3 is 0 Å². The number of hydrogen-bond donors (Lipinski definition) is 1. The van der Waals surface area contributed by atoms with Gasteiger partial charge in [0.25, 0.3) is 0 Å². The van der Waals surface area contributed by atoms with E-state index in [1.165, 1.54) is 12.8 Å². The van der Waals surface area contributed by atoms with E-state index < -0.39 is 10.8 Å². The predicted octanol–water partition coefficient (Wildman–Crippen LogP) is 2.40. The number of hydrogen-bond acceptors (Lipinski definition) is 4. The highest BCUT2D eigenvalue weighted by molar-refractivity contribution is 7.87. The van der Waals surface area contributed by atoms with Crippen molar-refractivity contribution in [3.8, 4) is 0 Å². The van der Waals surface area contributed by atoms with E-state index in [2.05, 4.69) is 10.3 Å². The van der Waals surface area contributed by atoms with Gasteiger partial charge in [0.05, 0.1) is 21.0 Å². The quantitative estimate of drug-likeness (QED) is 0.939. The van der Waals surface area contributed by atoms with Gasteiger partial charge in [-0.05, 0) is 44.0 Å². The molecule has 1 saturated heterocycles. The molecule has 0 radical (unpaired) electrons. The van der Waals surface area contributed by atoms with Crippen molar-refractivity contribution in [2.45, 2.75) is 17.2 Å². The van der Waals surface area contributed by atoms with Crippen LogP contribution in [0.1, 0.15) is 12.8 Å². The third-order valence-corrected chi connectivity index (χ3v) is 6.15. The molecule has 18 heavy (non-hydrogen) atoms. The summed E-state index contributed by atoms with van der Waals surface area (Å²) in [5, 5.41) is 3.37. The topological polar surface area (TPSA) is 42.0 Å². The number of fused-ring (bicyclic) bond motifs is 1. The van der Waals surface area contributed by atoms with E-state index in [0.29, 0.717) is 5.92 Å². The van der Waals surface area contributed by atoms with Crippen LogP contribution < -0.4 is 5.32 Å². The zero-order chi connectivity index (χ0) is 12.4. The first-order valence-electron chi connectivity index (χ1n) is 6.27. The van der Waals surface area contributed by atoms with Gasteiger partial charge in [-0.2, -0.15) is 0 Å². The van der Waals surface area contributed by atoms with Gasteiger partial charge in [-0.15, -0.1) is 11.3 Å². The summed E-state index contributed by atoms with van der Waals surface area (Å²) in [6, 6.07) is 7.99. The number of piperidine rings is 1. The van der Waals surface area contributed by atoms with Crippen molar-refractivity contribution >= 4 is 32.4 Å². The zero-order valence-corrected chi connectivity index (χ0v) is 11.7. The average molecular weight is 280 g/mol. The molecule has 3 nitrogen and oxygen atoms in total. The van der Waals surface area contributed by atoms with Crippen molar-refractivity contribution in [1.82, 2.24) is 10.3 Å². The van der Waals surface area contributed by atoms with Crippen molar-refractivity contribution in [3.63, 3.8) is 0 Å². The first kappa shape index (κ1) is 12.3. The Bertz CT molecular complexity index is 528. The Labute approximate surface area is 113 Å².